The number of benzene rings is 3. The maximum absolute atomic E-state index is 13.7. The van der Waals surface area contributed by atoms with Crippen molar-refractivity contribution in [2.45, 2.75) is 19.0 Å². The molecule has 1 aliphatic heterocycles. The fourth-order valence-corrected chi connectivity index (χ4v) is 4.70. The summed E-state index contributed by atoms with van der Waals surface area (Å²) < 4.78 is 41.2. The van der Waals surface area contributed by atoms with Crippen LogP contribution in [0.15, 0.2) is 66.7 Å². The zero-order valence-corrected chi connectivity index (χ0v) is 18.6. The molecule has 2 aromatic heterocycles. The fourth-order valence-electron chi connectivity index (χ4n) is 4.70. The van der Waals surface area contributed by atoms with Crippen LogP contribution in [-0.2, 0) is 6.18 Å². The lowest BCUT2D eigenvalue weighted by molar-refractivity contribution is -0.137. The molecule has 0 unspecified atom stereocenters. The van der Waals surface area contributed by atoms with Crippen molar-refractivity contribution in [1.29, 1.82) is 0 Å². The third kappa shape index (κ3) is 3.82. The van der Waals surface area contributed by atoms with Gasteiger partial charge < -0.3 is 10.2 Å². The second-order valence-electron chi connectivity index (χ2n) is 8.55. The fraction of sp³-hybridized carbons (Fsp3) is 0.192. The topological polar surface area (TPSA) is 69.7 Å². The molecule has 0 radical (unpaired) electrons. The van der Waals surface area contributed by atoms with Crippen molar-refractivity contribution < 1.29 is 13.2 Å². The molecule has 9 heteroatoms. The lowest BCUT2D eigenvalue weighted by atomic mass is 10.1. The van der Waals surface area contributed by atoms with Crippen molar-refractivity contribution in [3.8, 4) is 11.4 Å². The van der Waals surface area contributed by atoms with Crippen LogP contribution in [0.25, 0.3) is 33.2 Å². The van der Waals surface area contributed by atoms with Gasteiger partial charge in [-0.2, -0.15) is 18.3 Å². The second kappa shape index (κ2) is 8.26. The van der Waals surface area contributed by atoms with E-state index >= 15 is 0 Å². The SMILES string of the molecule is FC(F)(F)c1ccccc1-c1nc(Nc2n[nH]c3cccc(N4CCCC4)c23)c2ccccc2n1. The molecule has 6 rings (SSSR count). The quantitative estimate of drug-likeness (QED) is 0.310. The van der Waals surface area contributed by atoms with Gasteiger partial charge in [0.05, 0.1) is 22.0 Å². The lowest BCUT2D eigenvalue weighted by Crippen LogP contribution is -2.17. The highest BCUT2D eigenvalue weighted by molar-refractivity contribution is 6.03. The number of hydrogen-bond acceptors (Lipinski definition) is 5. The number of alkyl halides is 3. The van der Waals surface area contributed by atoms with Gasteiger partial charge in [0.15, 0.2) is 11.6 Å². The molecule has 176 valence electrons. The van der Waals surface area contributed by atoms with Crippen LogP contribution >= 0.6 is 0 Å². The van der Waals surface area contributed by atoms with E-state index in [9.17, 15) is 13.2 Å². The van der Waals surface area contributed by atoms with Crippen LogP contribution in [-0.4, -0.2) is 33.3 Å². The molecule has 6 nitrogen and oxygen atoms in total. The van der Waals surface area contributed by atoms with Crippen molar-refractivity contribution in [2.24, 2.45) is 0 Å². The van der Waals surface area contributed by atoms with E-state index in [0.717, 1.165) is 48.6 Å². The average Bonchev–Trinajstić information content (AvgIpc) is 3.54. The largest absolute Gasteiger partial charge is 0.417 e. The Morgan fingerprint density at radius 3 is 2.43 bits per heavy atom. The summed E-state index contributed by atoms with van der Waals surface area (Å²) in [6.45, 7) is 1.94. The minimum Gasteiger partial charge on any atom is -0.371 e. The van der Waals surface area contributed by atoms with E-state index in [1.165, 1.54) is 12.1 Å². The number of nitrogens with one attached hydrogen (secondary N) is 2. The Balaban J connectivity index is 1.51. The number of rotatable bonds is 4. The number of para-hydroxylation sites is 1. The van der Waals surface area contributed by atoms with Crippen molar-refractivity contribution in [3.63, 3.8) is 0 Å². The Kier molecular flexibility index (Phi) is 5.05. The monoisotopic (exact) mass is 474 g/mol. The van der Waals surface area contributed by atoms with Gasteiger partial charge in [0.1, 0.15) is 5.82 Å². The zero-order valence-electron chi connectivity index (χ0n) is 18.6. The molecule has 1 aliphatic rings. The van der Waals surface area contributed by atoms with Gasteiger partial charge in [0.25, 0.3) is 0 Å². The van der Waals surface area contributed by atoms with E-state index in [-0.39, 0.29) is 11.4 Å². The van der Waals surface area contributed by atoms with Crippen LogP contribution in [0.5, 0.6) is 0 Å². The molecule has 0 saturated carbocycles. The summed E-state index contributed by atoms with van der Waals surface area (Å²) >= 11 is 0. The highest BCUT2D eigenvalue weighted by Crippen LogP contribution is 2.38. The number of aromatic amines is 1. The molecule has 0 bridgehead atoms. The van der Waals surface area contributed by atoms with E-state index in [1.54, 1.807) is 18.2 Å². The summed E-state index contributed by atoms with van der Waals surface area (Å²) in [6, 6.07) is 18.6. The molecule has 2 N–H and O–H groups in total. The third-order valence-corrected chi connectivity index (χ3v) is 6.33. The number of fused-ring (bicyclic) bond motifs is 2. The molecule has 0 atom stereocenters. The number of halogens is 3. The minimum absolute atomic E-state index is 0.00117. The molecular formula is C26H21F3N6. The van der Waals surface area contributed by atoms with E-state index in [4.69, 9.17) is 0 Å². The summed E-state index contributed by atoms with van der Waals surface area (Å²) in [5, 5.41) is 12.5. The number of hydrogen-bond donors (Lipinski definition) is 2. The van der Waals surface area contributed by atoms with Crippen LogP contribution in [0.4, 0.5) is 30.5 Å². The highest BCUT2D eigenvalue weighted by Gasteiger charge is 2.34. The molecule has 35 heavy (non-hydrogen) atoms. The number of aromatic nitrogens is 4. The first-order chi connectivity index (χ1) is 17.0. The molecule has 0 aliphatic carbocycles. The van der Waals surface area contributed by atoms with Crippen LogP contribution in [0.3, 0.4) is 0 Å². The maximum atomic E-state index is 13.7. The summed E-state index contributed by atoms with van der Waals surface area (Å²) in [5.41, 5.74) is 1.63. The van der Waals surface area contributed by atoms with Gasteiger partial charge in [-0.15, -0.1) is 0 Å². The van der Waals surface area contributed by atoms with Gasteiger partial charge in [-0.25, -0.2) is 9.97 Å². The van der Waals surface area contributed by atoms with Crippen molar-refractivity contribution in [3.05, 3.63) is 72.3 Å². The Morgan fingerprint density at radius 1 is 0.829 bits per heavy atom. The van der Waals surface area contributed by atoms with Gasteiger partial charge in [0, 0.05) is 29.7 Å². The Hall–Kier alpha value is -4.14. The number of H-pyrrole nitrogens is 1. The molecule has 1 saturated heterocycles. The predicted molar refractivity (Wildman–Crippen MR) is 131 cm³/mol. The molecule has 1 fully saturated rings. The van der Waals surface area contributed by atoms with E-state index in [2.05, 4.69) is 36.4 Å². The summed E-state index contributed by atoms with van der Waals surface area (Å²) in [4.78, 5) is 11.4. The summed E-state index contributed by atoms with van der Waals surface area (Å²) in [7, 11) is 0. The Bertz CT molecular complexity index is 1540. The first kappa shape index (κ1) is 21.4. The highest BCUT2D eigenvalue weighted by atomic mass is 19.4. The van der Waals surface area contributed by atoms with Gasteiger partial charge in [-0.3, -0.25) is 5.10 Å². The average molecular weight is 474 g/mol. The Labute approximate surface area is 198 Å². The van der Waals surface area contributed by atoms with Crippen molar-refractivity contribution >= 4 is 39.1 Å². The first-order valence-corrected chi connectivity index (χ1v) is 11.4. The molecule has 3 heterocycles. The van der Waals surface area contributed by atoms with E-state index < -0.39 is 11.7 Å². The van der Waals surface area contributed by atoms with Crippen molar-refractivity contribution in [2.75, 3.05) is 23.3 Å². The maximum Gasteiger partial charge on any atom is 0.417 e. The summed E-state index contributed by atoms with van der Waals surface area (Å²) in [5.74, 6) is 0.965. The molecule has 0 amide bonds. The van der Waals surface area contributed by atoms with Gasteiger partial charge in [-0.1, -0.05) is 36.4 Å². The van der Waals surface area contributed by atoms with Gasteiger partial charge in [0.2, 0.25) is 0 Å². The summed E-state index contributed by atoms with van der Waals surface area (Å²) in [6.07, 6.45) is -2.26. The lowest BCUT2D eigenvalue weighted by Gasteiger charge is -2.19. The third-order valence-electron chi connectivity index (χ3n) is 6.33. The van der Waals surface area contributed by atoms with Crippen LogP contribution < -0.4 is 10.2 Å². The zero-order chi connectivity index (χ0) is 24.0. The second-order valence-corrected chi connectivity index (χ2v) is 8.55. The van der Waals surface area contributed by atoms with Crippen LogP contribution in [0.2, 0.25) is 0 Å². The van der Waals surface area contributed by atoms with Crippen LogP contribution in [0.1, 0.15) is 18.4 Å². The molecule has 3 aromatic carbocycles. The van der Waals surface area contributed by atoms with Crippen LogP contribution in [0, 0.1) is 0 Å². The standard InChI is InChI=1S/C26H21F3N6/c27-26(28,29)18-10-3-1-8-16(18)23-30-19-11-4-2-9-17(19)24(31-23)32-25-22-20(33-34-25)12-7-13-21(22)35-14-5-6-15-35/h1-4,7-13H,5-6,14-15H2,(H2,30,31,32,33,34). The smallest absolute Gasteiger partial charge is 0.371 e. The van der Waals surface area contributed by atoms with E-state index in [0.29, 0.717) is 22.5 Å². The number of nitrogens with zero attached hydrogens (tertiary/aromatic N) is 4. The molecule has 0 spiro atoms. The van der Waals surface area contributed by atoms with E-state index in [1.807, 2.05) is 24.3 Å². The first-order valence-electron chi connectivity index (χ1n) is 11.4. The molecular weight excluding hydrogens is 453 g/mol. The Morgan fingerprint density at radius 2 is 1.60 bits per heavy atom. The number of anilines is 3. The van der Waals surface area contributed by atoms with Crippen molar-refractivity contribution in [1.82, 2.24) is 20.2 Å². The predicted octanol–water partition coefficient (Wildman–Crippen LogP) is 6.54. The van der Waals surface area contributed by atoms with Gasteiger partial charge >= 0.3 is 6.18 Å². The normalized spacial score (nSPS) is 14.2. The van der Waals surface area contributed by atoms with Gasteiger partial charge in [-0.05, 0) is 43.2 Å². The molecule has 5 aromatic rings. The minimum atomic E-state index is -4.53.